The topological polar surface area (TPSA) is 44.4 Å². The van der Waals surface area contributed by atoms with Crippen molar-refractivity contribution < 1.29 is 4.79 Å². The molecule has 0 aromatic heterocycles. The van der Waals surface area contributed by atoms with Crippen molar-refractivity contribution in [2.75, 3.05) is 26.7 Å². The zero-order valence-corrected chi connectivity index (χ0v) is 12.6. The summed E-state index contributed by atoms with van der Waals surface area (Å²) in [5.41, 5.74) is 1.03. The first-order chi connectivity index (χ1) is 9.67. The molecule has 0 saturated carbocycles. The van der Waals surface area contributed by atoms with Crippen LogP contribution in [0, 0.1) is 0 Å². The largest absolute Gasteiger partial charge is 0.351 e. The Hall–Kier alpha value is -1.10. The number of hydrogen-bond donors (Lipinski definition) is 2. The van der Waals surface area contributed by atoms with Gasteiger partial charge >= 0.3 is 0 Å². The fraction of sp³-hybridized carbons (Fsp3) is 0.533. The second-order valence-corrected chi connectivity index (χ2v) is 5.71. The van der Waals surface area contributed by atoms with Crippen molar-refractivity contribution in [2.24, 2.45) is 0 Å². The third-order valence-corrected chi connectivity index (χ3v) is 3.89. The van der Waals surface area contributed by atoms with Crippen LogP contribution in [0.3, 0.4) is 0 Å². The SMILES string of the molecule is CNC1CCCN(CC(=O)NCc2cccc(Cl)c2)C1. The lowest BCUT2D eigenvalue weighted by molar-refractivity contribution is -0.122. The number of amides is 1. The Morgan fingerprint density at radius 2 is 2.35 bits per heavy atom. The van der Waals surface area contributed by atoms with Crippen LogP contribution >= 0.6 is 11.6 Å². The van der Waals surface area contributed by atoms with Crippen LogP contribution in [0.5, 0.6) is 0 Å². The Kier molecular flexibility index (Phi) is 5.83. The highest BCUT2D eigenvalue weighted by Crippen LogP contribution is 2.11. The van der Waals surface area contributed by atoms with Gasteiger partial charge in [0.15, 0.2) is 0 Å². The summed E-state index contributed by atoms with van der Waals surface area (Å²) in [6.45, 7) is 2.95. The van der Waals surface area contributed by atoms with Crippen molar-refractivity contribution in [3.8, 4) is 0 Å². The Labute approximate surface area is 125 Å². The molecule has 1 saturated heterocycles. The van der Waals surface area contributed by atoms with Crippen LogP contribution in [0.15, 0.2) is 24.3 Å². The fourth-order valence-electron chi connectivity index (χ4n) is 2.54. The van der Waals surface area contributed by atoms with Gasteiger partial charge < -0.3 is 10.6 Å². The predicted octanol–water partition coefficient (Wildman–Crippen LogP) is 1.64. The molecule has 2 rings (SSSR count). The van der Waals surface area contributed by atoms with Gasteiger partial charge in [-0.1, -0.05) is 23.7 Å². The number of carbonyl (C=O) groups is 1. The van der Waals surface area contributed by atoms with Gasteiger partial charge in [-0.05, 0) is 44.1 Å². The number of benzene rings is 1. The number of nitrogens with one attached hydrogen (secondary N) is 2. The van der Waals surface area contributed by atoms with E-state index in [1.54, 1.807) is 0 Å². The molecular formula is C15H22ClN3O. The van der Waals surface area contributed by atoms with E-state index in [-0.39, 0.29) is 5.91 Å². The molecule has 1 aliphatic heterocycles. The summed E-state index contributed by atoms with van der Waals surface area (Å²) in [5, 5.41) is 6.93. The third kappa shape index (κ3) is 4.78. The maximum Gasteiger partial charge on any atom is 0.234 e. The first-order valence-corrected chi connectivity index (χ1v) is 7.46. The number of hydrogen-bond acceptors (Lipinski definition) is 3. The smallest absolute Gasteiger partial charge is 0.234 e. The summed E-state index contributed by atoms with van der Waals surface area (Å²) in [6.07, 6.45) is 2.34. The number of likely N-dealkylation sites (N-methyl/N-ethyl adjacent to an activating group) is 1. The molecule has 1 heterocycles. The highest BCUT2D eigenvalue weighted by Gasteiger charge is 2.19. The van der Waals surface area contributed by atoms with Crippen molar-refractivity contribution in [1.29, 1.82) is 0 Å². The van der Waals surface area contributed by atoms with Gasteiger partial charge in [0.25, 0.3) is 0 Å². The van der Waals surface area contributed by atoms with Gasteiger partial charge in [0, 0.05) is 24.2 Å². The number of halogens is 1. The molecule has 20 heavy (non-hydrogen) atoms. The second-order valence-electron chi connectivity index (χ2n) is 5.27. The molecule has 0 bridgehead atoms. The summed E-state index contributed by atoms with van der Waals surface area (Å²) >= 11 is 5.92. The molecule has 0 radical (unpaired) electrons. The molecule has 1 atom stereocenters. The fourth-order valence-corrected chi connectivity index (χ4v) is 2.75. The van der Waals surface area contributed by atoms with E-state index in [2.05, 4.69) is 15.5 Å². The minimum Gasteiger partial charge on any atom is -0.351 e. The van der Waals surface area contributed by atoms with Crippen molar-refractivity contribution in [3.05, 3.63) is 34.9 Å². The van der Waals surface area contributed by atoms with Gasteiger partial charge in [0.05, 0.1) is 6.54 Å². The predicted molar refractivity (Wildman–Crippen MR) is 81.8 cm³/mol. The first kappa shape index (κ1) is 15.3. The van der Waals surface area contributed by atoms with Crippen molar-refractivity contribution in [2.45, 2.75) is 25.4 Å². The summed E-state index contributed by atoms with van der Waals surface area (Å²) in [7, 11) is 1.98. The molecular weight excluding hydrogens is 274 g/mol. The van der Waals surface area contributed by atoms with E-state index in [0.29, 0.717) is 24.2 Å². The van der Waals surface area contributed by atoms with Gasteiger partial charge in [-0.15, -0.1) is 0 Å². The molecule has 1 fully saturated rings. The van der Waals surface area contributed by atoms with Crippen molar-refractivity contribution in [1.82, 2.24) is 15.5 Å². The number of nitrogens with zero attached hydrogens (tertiary/aromatic N) is 1. The molecule has 1 aromatic rings. The van der Waals surface area contributed by atoms with E-state index in [1.807, 2.05) is 31.3 Å². The monoisotopic (exact) mass is 295 g/mol. The average Bonchev–Trinajstić information content (AvgIpc) is 2.45. The van der Waals surface area contributed by atoms with E-state index in [4.69, 9.17) is 11.6 Å². The Bertz CT molecular complexity index is 452. The van der Waals surface area contributed by atoms with E-state index in [0.717, 1.165) is 25.1 Å². The molecule has 1 aromatic carbocycles. The highest BCUT2D eigenvalue weighted by atomic mass is 35.5. The number of carbonyl (C=O) groups excluding carboxylic acids is 1. The van der Waals surface area contributed by atoms with E-state index < -0.39 is 0 Å². The molecule has 110 valence electrons. The summed E-state index contributed by atoms with van der Waals surface area (Å²) in [4.78, 5) is 14.2. The Morgan fingerprint density at radius 3 is 3.10 bits per heavy atom. The highest BCUT2D eigenvalue weighted by molar-refractivity contribution is 6.30. The maximum atomic E-state index is 12.0. The van der Waals surface area contributed by atoms with Crippen LogP contribution in [0.4, 0.5) is 0 Å². The molecule has 1 aliphatic rings. The van der Waals surface area contributed by atoms with Crippen molar-refractivity contribution in [3.63, 3.8) is 0 Å². The zero-order valence-electron chi connectivity index (χ0n) is 11.9. The molecule has 1 unspecified atom stereocenters. The van der Waals surface area contributed by atoms with E-state index >= 15 is 0 Å². The van der Waals surface area contributed by atoms with E-state index in [1.165, 1.54) is 6.42 Å². The van der Waals surface area contributed by atoms with Gasteiger partial charge in [-0.3, -0.25) is 9.69 Å². The normalized spacial score (nSPS) is 19.8. The second kappa shape index (κ2) is 7.62. The molecule has 0 spiro atoms. The average molecular weight is 296 g/mol. The summed E-state index contributed by atoms with van der Waals surface area (Å²) < 4.78 is 0. The van der Waals surface area contributed by atoms with Crippen LogP contribution in [-0.4, -0.2) is 43.5 Å². The molecule has 5 heteroatoms. The van der Waals surface area contributed by atoms with Gasteiger partial charge in [-0.2, -0.15) is 0 Å². The molecule has 1 amide bonds. The van der Waals surface area contributed by atoms with Crippen molar-refractivity contribution >= 4 is 17.5 Å². The molecule has 0 aliphatic carbocycles. The summed E-state index contributed by atoms with van der Waals surface area (Å²) in [5.74, 6) is 0.0710. The quantitative estimate of drug-likeness (QED) is 0.868. The maximum absolute atomic E-state index is 12.0. The number of rotatable bonds is 5. The first-order valence-electron chi connectivity index (χ1n) is 7.08. The Morgan fingerprint density at radius 1 is 1.50 bits per heavy atom. The zero-order chi connectivity index (χ0) is 14.4. The van der Waals surface area contributed by atoms with Crippen LogP contribution in [0.2, 0.25) is 5.02 Å². The Balaban J connectivity index is 1.75. The summed E-state index contributed by atoms with van der Waals surface area (Å²) in [6, 6.07) is 8.07. The molecule has 2 N–H and O–H groups in total. The lowest BCUT2D eigenvalue weighted by Crippen LogP contribution is -2.47. The van der Waals surface area contributed by atoms with Crippen LogP contribution in [0.1, 0.15) is 18.4 Å². The lowest BCUT2D eigenvalue weighted by atomic mass is 10.1. The number of piperidine rings is 1. The van der Waals surface area contributed by atoms with Crippen LogP contribution < -0.4 is 10.6 Å². The minimum atomic E-state index is 0.0710. The third-order valence-electron chi connectivity index (χ3n) is 3.66. The van der Waals surface area contributed by atoms with Gasteiger partial charge in [0.2, 0.25) is 5.91 Å². The van der Waals surface area contributed by atoms with E-state index in [9.17, 15) is 4.79 Å². The van der Waals surface area contributed by atoms with Crippen LogP contribution in [-0.2, 0) is 11.3 Å². The molecule has 4 nitrogen and oxygen atoms in total. The van der Waals surface area contributed by atoms with Gasteiger partial charge in [0.1, 0.15) is 0 Å². The standard InChI is InChI=1S/C15H22ClN3O/c1-17-14-6-3-7-19(10-14)11-15(20)18-9-12-4-2-5-13(16)8-12/h2,4-5,8,14,17H,3,6-7,9-11H2,1H3,(H,18,20). The van der Waals surface area contributed by atoms with Gasteiger partial charge in [-0.25, -0.2) is 0 Å². The van der Waals surface area contributed by atoms with Crippen LogP contribution in [0.25, 0.3) is 0 Å². The minimum absolute atomic E-state index is 0.0710. The number of likely N-dealkylation sites (tertiary alicyclic amines) is 1. The lowest BCUT2D eigenvalue weighted by Gasteiger charge is -2.31.